The van der Waals surface area contributed by atoms with Crippen LogP contribution >= 0.6 is 0 Å². The van der Waals surface area contributed by atoms with E-state index in [0.717, 1.165) is 6.42 Å². The van der Waals surface area contributed by atoms with Crippen molar-refractivity contribution in [1.82, 2.24) is 4.90 Å². The number of hydrogen-bond donors (Lipinski definition) is 1. The number of furan rings is 1. The highest BCUT2D eigenvalue weighted by atomic mass is 16.3. The Morgan fingerprint density at radius 3 is 2.39 bits per heavy atom. The zero-order valence-corrected chi connectivity index (χ0v) is 15.5. The summed E-state index contributed by atoms with van der Waals surface area (Å²) < 4.78 is 5.07. The lowest BCUT2D eigenvalue weighted by Gasteiger charge is -2.21. The Labute approximate surface area is 164 Å². The highest BCUT2D eigenvalue weighted by molar-refractivity contribution is 6.02. The number of benzene rings is 2. The van der Waals surface area contributed by atoms with Crippen molar-refractivity contribution in [3.8, 4) is 0 Å². The van der Waals surface area contributed by atoms with E-state index in [1.54, 1.807) is 47.4 Å². The van der Waals surface area contributed by atoms with Crippen LogP contribution in [0.25, 0.3) is 0 Å². The van der Waals surface area contributed by atoms with Crippen molar-refractivity contribution in [2.45, 2.75) is 6.42 Å². The van der Waals surface area contributed by atoms with Crippen LogP contribution in [0.4, 0.5) is 5.69 Å². The van der Waals surface area contributed by atoms with Crippen molar-refractivity contribution in [2.24, 2.45) is 0 Å². The van der Waals surface area contributed by atoms with E-state index in [1.807, 2.05) is 30.3 Å². The molecule has 2 aromatic carbocycles. The summed E-state index contributed by atoms with van der Waals surface area (Å²) in [6.07, 6.45) is 3.94. The molecule has 1 heterocycles. The summed E-state index contributed by atoms with van der Waals surface area (Å²) in [5.74, 6) is -0.168. The minimum atomic E-state index is -0.333. The second-order valence-corrected chi connectivity index (χ2v) is 6.28. The monoisotopic (exact) mass is 374 g/mol. The molecule has 2 amide bonds. The van der Waals surface area contributed by atoms with Gasteiger partial charge >= 0.3 is 0 Å². The van der Waals surface area contributed by atoms with Gasteiger partial charge < -0.3 is 14.6 Å². The van der Waals surface area contributed by atoms with Crippen LogP contribution in [0.1, 0.15) is 26.5 Å². The zero-order valence-electron chi connectivity index (χ0n) is 15.5. The van der Waals surface area contributed by atoms with Crippen molar-refractivity contribution < 1.29 is 14.0 Å². The molecule has 5 heteroatoms. The third-order valence-electron chi connectivity index (χ3n) is 4.28. The summed E-state index contributed by atoms with van der Waals surface area (Å²) in [5, 5.41) is 2.74. The predicted octanol–water partition coefficient (Wildman–Crippen LogP) is 4.40. The number of anilines is 1. The first kappa shape index (κ1) is 19.2. The molecule has 0 aliphatic carbocycles. The van der Waals surface area contributed by atoms with Gasteiger partial charge in [0.05, 0.1) is 6.26 Å². The number of rotatable bonds is 8. The first-order valence-corrected chi connectivity index (χ1v) is 9.06. The Bertz CT molecular complexity index is 916. The minimum Gasteiger partial charge on any atom is -0.459 e. The Morgan fingerprint density at radius 1 is 1.00 bits per heavy atom. The van der Waals surface area contributed by atoms with E-state index in [4.69, 9.17) is 4.42 Å². The first-order valence-electron chi connectivity index (χ1n) is 9.06. The second-order valence-electron chi connectivity index (χ2n) is 6.28. The molecule has 3 rings (SSSR count). The van der Waals surface area contributed by atoms with Gasteiger partial charge in [0.25, 0.3) is 11.8 Å². The molecule has 0 saturated carbocycles. The van der Waals surface area contributed by atoms with Crippen LogP contribution in [0.15, 0.2) is 90.1 Å². The molecule has 5 nitrogen and oxygen atoms in total. The molecule has 0 spiro atoms. The predicted molar refractivity (Wildman–Crippen MR) is 109 cm³/mol. The summed E-state index contributed by atoms with van der Waals surface area (Å²) in [4.78, 5) is 26.6. The third-order valence-corrected chi connectivity index (χ3v) is 4.28. The Kier molecular flexibility index (Phi) is 6.41. The van der Waals surface area contributed by atoms with Crippen LogP contribution in [0, 0.1) is 0 Å². The standard InChI is InChI=1S/C23H22N2O3/c1-2-15-25(16-14-18-7-4-3-5-8-18)23(27)19-10-12-20(13-11-19)24-22(26)21-9-6-17-28-21/h2-13,17H,1,14-16H2,(H,24,26). The summed E-state index contributed by atoms with van der Waals surface area (Å²) in [5.41, 5.74) is 2.34. The number of carbonyl (C=O) groups is 2. The van der Waals surface area contributed by atoms with E-state index in [9.17, 15) is 9.59 Å². The van der Waals surface area contributed by atoms with E-state index in [0.29, 0.717) is 24.3 Å². The van der Waals surface area contributed by atoms with E-state index in [2.05, 4.69) is 11.9 Å². The number of nitrogens with zero attached hydrogens (tertiary/aromatic N) is 1. The highest BCUT2D eigenvalue weighted by Gasteiger charge is 2.15. The summed E-state index contributed by atoms with van der Waals surface area (Å²) in [7, 11) is 0. The van der Waals surface area contributed by atoms with Crippen molar-refractivity contribution in [3.05, 3.63) is 103 Å². The first-order chi connectivity index (χ1) is 13.7. The van der Waals surface area contributed by atoms with E-state index in [-0.39, 0.29) is 17.6 Å². The van der Waals surface area contributed by atoms with Gasteiger partial charge in [-0.05, 0) is 48.4 Å². The number of carbonyl (C=O) groups excluding carboxylic acids is 2. The average Bonchev–Trinajstić information content (AvgIpc) is 3.27. The summed E-state index contributed by atoms with van der Waals surface area (Å²) in [6.45, 7) is 4.83. The van der Waals surface area contributed by atoms with E-state index < -0.39 is 0 Å². The molecular weight excluding hydrogens is 352 g/mol. The van der Waals surface area contributed by atoms with Crippen LogP contribution in [0.2, 0.25) is 0 Å². The van der Waals surface area contributed by atoms with E-state index in [1.165, 1.54) is 11.8 Å². The fourth-order valence-electron chi connectivity index (χ4n) is 2.82. The maximum atomic E-state index is 12.9. The second kappa shape index (κ2) is 9.37. The van der Waals surface area contributed by atoms with Crippen LogP contribution in [0.5, 0.6) is 0 Å². The van der Waals surface area contributed by atoms with Gasteiger partial charge in [-0.25, -0.2) is 0 Å². The van der Waals surface area contributed by atoms with Gasteiger partial charge in [-0.2, -0.15) is 0 Å². The van der Waals surface area contributed by atoms with Gasteiger partial charge in [0, 0.05) is 24.3 Å². The van der Waals surface area contributed by atoms with Crippen LogP contribution in [-0.4, -0.2) is 29.8 Å². The van der Waals surface area contributed by atoms with Crippen molar-refractivity contribution >= 4 is 17.5 Å². The zero-order chi connectivity index (χ0) is 19.8. The number of hydrogen-bond acceptors (Lipinski definition) is 3. The third kappa shape index (κ3) is 4.98. The molecule has 3 aromatic rings. The molecule has 0 aliphatic rings. The molecule has 1 N–H and O–H groups in total. The molecular formula is C23H22N2O3. The molecule has 0 atom stereocenters. The van der Waals surface area contributed by atoms with Crippen LogP contribution in [-0.2, 0) is 6.42 Å². The quantitative estimate of drug-likeness (QED) is 0.594. The molecule has 0 fully saturated rings. The SMILES string of the molecule is C=CCN(CCc1ccccc1)C(=O)c1ccc(NC(=O)c2ccco2)cc1. The highest BCUT2D eigenvalue weighted by Crippen LogP contribution is 2.14. The topological polar surface area (TPSA) is 62.6 Å². The molecule has 142 valence electrons. The van der Waals surface area contributed by atoms with Crippen LogP contribution in [0.3, 0.4) is 0 Å². The average molecular weight is 374 g/mol. The summed E-state index contributed by atoms with van der Waals surface area (Å²) in [6, 6.07) is 20.1. The van der Waals surface area contributed by atoms with Crippen molar-refractivity contribution in [1.29, 1.82) is 0 Å². The fourth-order valence-corrected chi connectivity index (χ4v) is 2.82. The van der Waals surface area contributed by atoms with Gasteiger partial charge in [-0.1, -0.05) is 36.4 Å². The minimum absolute atomic E-state index is 0.0697. The smallest absolute Gasteiger partial charge is 0.291 e. The van der Waals surface area contributed by atoms with Crippen LogP contribution < -0.4 is 5.32 Å². The molecule has 0 saturated heterocycles. The molecule has 1 aromatic heterocycles. The van der Waals surface area contributed by atoms with Crippen molar-refractivity contribution in [2.75, 3.05) is 18.4 Å². The van der Waals surface area contributed by atoms with Gasteiger partial charge in [0.15, 0.2) is 5.76 Å². The number of amides is 2. The lowest BCUT2D eigenvalue weighted by molar-refractivity contribution is 0.0775. The Hall–Kier alpha value is -3.60. The van der Waals surface area contributed by atoms with Gasteiger partial charge in [0.1, 0.15) is 0 Å². The van der Waals surface area contributed by atoms with Gasteiger partial charge in [0.2, 0.25) is 0 Å². The normalized spacial score (nSPS) is 10.3. The van der Waals surface area contributed by atoms with Gasteiger partial charge in [-0.15, -0.1) is 6.58 Å². The Balaban J connectivity index is 1.63. The Morgan fingerprint density at radius 2 is 1.75 bits per heavy atom. The lowest BCUT2D eigenvalue weighted by Crippen LogP contribution is -2.33. The largest absolute Gasteiger partial charge is 0.459 e. The maximum Gasteiger partial charge on any atom is 0.291 e. The molecule has 0 aliphatic heterocycles. The fraction of sp³-hybridized carbons (Fsp3) is 0.130. The van der Waals surface area contributed by atoms with Crippen molar-refractivity contribution in [3.63, 3.8) is 0 Å². The molecule has 0 unspecified atom stereocenters. The molecule has 28 heavy (non-hydrogen) atoms. The van der Waals surface area contributed by atoms with Gasteiger partial charge in [-0.3, -0.25) is 9.59 Å². The lowest BCUT2D eigenvalue weighted by atomic mass is 10.1. The van der Waals surface area contributed by atoms with E-state index >= 15 is 0 Å². The molecule has 0 radical (unpaired) electrons. The number of nitrogens with one attached hydrogen (secondary N) is 1. The summed E-state index contributed by atoms with van der Waals surface area (Å²) >= 11 is 0. The maximum absolute atomic E-state index is 12.9. The molecule has 0 bridgehead atoms.